The van der Waals surface area contributed by atoms with Crippen LogP contribution < -0.4 is 5.32 Å². The van der Waals surface area contributed by atoms with Gasteiger partial charge in [0.15, 0.2) is 6.10 Å². The van der Waals surface area contributed by atoms with E-state index in [9.17, 15) is 9.59 Å². The first-order chi connectivity index (χ1) is 13.2. The third kappa shape index (κ3) is 5.04. The van der Waals surface area contributed by atoms with Gasteiger partial charge in [-0.05, 0) is 36.3 Å². The maximum Gasteiger partial charge on any atom is 0.330 e. The lowest BCUT2D eigenvalue weighted by atomic mass is 10.0. The van der Waals surface area contributed by atoms with Gasteiger partial charge in [-0.1, -0.05) is 47.6 Å². The van der Waals surface area contributed by atoms with Crippen LogP contribution in [0.3, 0.4) is 0 Å². The molecule has 0 bridgehead atoms. The molecule has 2 aromatic rings. The Morgan fingerprint density at radius 2 is 1.93 bits per heavy atom. The summed E-state index contributed by atoms with van der Waals surface area (Å²) >= 11 is 0. The minimum atomic E-state index is -0.387. The predicted molar refractivity (Wildman–Crippen MR) is 103 cm³/mol. The summed E-state index contributed by atoms with van der Waals surface area (Å²) in [6.07, 6.45) is 3.22. The normalized spacial score (nSPS) is 15.9. The van der Waals surface area contributed by atoms with E-state index in [4.69, 9.17) is 9.57 Å². The Morgan fingerprint density at radius 3 is 2.63 bits per heavy atom. The van der Waals surface area contributed by atoms with Gasteiger partial charge in [-0.3, -0.25) is 4.79 Å². The van der Waals surface area contributed by atoms with E-state index >= 15 is 0 Å². The van der Waals surface area contributed by atoms with E-state index in [1.165, 1.54) is 6.08 Å². The average Bonchev–Trinajstić information content (AvgIpc) is 3.19. The van der Waals surface area contributed by atoms with Crippen LogP contribution in [0.25, 0.3) is 6.08 Å². The third-order valence-electron chi connectivity index (χ3n) is 3.97. The summed E-state index contributed by atoms with van der Waals surface area (Å²) in [5, 5.41) is 6.72. The molecule has 1 aliphatic heterocycles. The third-order valence-corrected chi connectivity index (χ3v) is 3.97. The largest absolute Gasteiger partial charge is 0.463 e. The molecule has 0 saturated carbocycles. The van der Waals surface area contributed by atoms with Crippen molar-refractivity contribution in [1.82, 2.24) is 0 Å². The average molecular weight is 364 g/mol. The van der Waals surface area contributed by atoms with Gasteiger partial charge in [-0.15, -0.1) is 0 Å². The number of oxime groups is 1. The molecule has 1 unspecified atom stereocenters. The number of hydrogen-bond donors (Lipinski definition) is 1. The minimum Gasteiger partial charge on any atom is -0.463 e. The van der Waals surface area contributed by atoms with E-state index in [1.54, 1.807) is 37.3 Å². The fourth-order valence-electron chi connectivity index (χ4n) is 2.59. The van der Waals surface area contributed by atoms with Crippen molar-refractivity contribution in [2.24, 2.45) is 5.16 Å². The highest BCUT2D eigenvalue weighted by Gasteiger charge is 2.27. The molecule has 0 aromatic heterocycles. The summed E-state index contributed by atoms with van der Waals surface area (Å²) in [5.41, 5.74) is 2.81. The second kappa shape index (κ2) is 8.80. The highest BCUT2D eigenvalue weighted by molar-refractivity contribution is 6.43. The molecule has 3 rings (SSSR count). The lowest BCUT2D eigenvalue weighted by Crippen LogP contribution is -2.21. The van der Waals surface area contributed by atoms with Gasteiger partial charge in [0.1, 0.15) is 5.71 Å². The number of anilines is 1. The number of carbonyl (C=O) groups is 2. The summed E-state index contributed by atoms with van der Waals surface area (Å²) < 4.78 is 4.83. The van der Waals surface area contributed by atoms with Crippen molar-refractivity contribution in [1.29, 1.82) is 0 Å². The van der Waals surface area contributed by atoms with E-state index in [0.29, 0.717) is 24.4 Å². The van der Waals surface area contributed by atoms with Crippen molar-refractivity contribution in [3.8, 4) is 0 Å². The number of amides is 1. The zero-order valence-electron chi connectivity index (χ0n) is 14.9. The van der Waals surface area contributed by atoms with Crippen molar-refractivity contribution < 1.29 is 19.2 Å². The molecule has 1 aliphatic rings. The molecule has 138 valence electrons. The Balaban J connectivity index is 1.55. The molecule has 6 nitrogen and oxygen atoms in total. The number of nitrogens with zero attached hydrogens (tertiary/aromatic N) is 1. The van der Waals surface area contributed by atoms with Crippen LogP contribution in [-0.2, 0) is 19.2 Å². The van der Waals surface area contributed by atoms with Gasteiger partial charge in [-0.25, -0.2) is 4.79 Å². The first kappa shape index (κ1) is 18.4. The first-order valence-corrected chi connectivity index (χ1v) is 8.69. The minimum absolute atomic E-state index is 0.234. The van der Waals surface area contributed by atoms with E-state index in [1.807, 2.05) is 30.3 Å². The Labute approximate surface area is 157 Å². The van der Waals surface area contributed by atoms with Gasteiger partial charge >= 0.3 is 5.97 Å². The van der Waals surface area contributed by atoms with Crippen LogP contribution in [0.5, 0.6) is 0 Å². The standard InChI is InChI=1S/C21H20N2O4/c1-2-26-20(24)13-10-15-8-11-17(12-9-15)22-21(25)18-14-19(27-23-18)16-6-4-3-5-7-16/h3-13,19H,2,14H2,1H3,(H,22,25)/b13-10+. The van der Waals surface area contributed by atoms with Crippen molar-refractivity contribution >= 4 is 29.4 Å². The number of ether oxygens (including phenoxy) is 1. The van der Waals surface area contributed by atoms with Crippen molar-refractivity contribution in [3.63, 3.8) is 0 Å². The number of rotatable bonds is 6. The topological polar surface area (TPSA) is 77.0 Å². The molecule has 0 radical (unpaired) electrons. The molecule has 1 amide bonds. The lowest BCUT2D eigenvalue weighted by Gasteiger charge is -2.07. The van der Waals surface area contributed by atoms with Gasteiger partial charge in [0.2, 0.25) is 0 Å². The van der Waals surface area contributed by atoms with Crippen LogP contribution in [0.2, 0.25) is 0 Å². The zero-order chi connectivity index (χ0) is 19.1. The summed E-state index contributed by atoms with van der Waals surface area (Å²) in [4.78, 5) is 29.1. The van der Waals surface area contributed by atoms with E-state index < -0.39 is 0 Å². The highest BCUT2D eigenvalue weighted by atomic mass is 16.6. The molecule has 1 heterocycles. The molecular weight excluding hydrogens is 344 g/mol. The SMILES string of the molecule is CCOC(=O)/C=C/c1ccc(NC(=O)C2=NOC(c3ccccc3)C2)cc1. The van der Waals surface area contributed by atoms with E-state index in [2.05, 4.69) is 10.5 Å². The number of benzene rings is 2. The fraction of sp³-hybridized carbons (Fsp3) is 0.190. The monoisotopic (exact) mass is 364 g/mol. The Kier molecular flexibility index (Phi) is 5.99. The van der Waals surface area contributed by atoms with Crippen LogP contribution in [0.4, 0.5) is 5.69 Å². The maximum absolute atomic E-state index is 12.4. The summed E-state index contributed by atoms with van der Waals surface area (Å²) in [5.74, 6) is -0.676. The molecular formula is C21H20N2O4. The van der Waals surface area contributed by atoms with Crippen LogP contribution in [0.1, 0.15) is 30.6 Å². The molecule has 0 spiro atoms. The molecule has 1 N–H and O–H groups in total. The van der Waals surface area contributed by atoms with Crippen molar-refractivity contribution in [3.05, 3.63) is 71.8 Å². The lowest BCUT2D eigenvalue weighted by molar-refractivity contribution is -0.137. The van der Waals surface area contributed by atoms with Gasteiger partial charge in [0.25, 0.3) is 5.91 Å². The number of carbonyl (C=O) groups excluding carboxylic acids is 2. The predicted octanol–water partition coefficient (Wildman–Crippen LogP) is 3.72. The summed E-state index contributed by atoms with van der Waals surface area (Å²) in [7, 11) is 0. The van der Waals surface area contributed by atoms with Gasteiger partial charge in [0, 0.05) is 18.2 Å². The number of esters is 1. The molecule has 27 heavy (non-hydrogen) atoms. The fourth-order valence-corrected chi connectivity index (χ4v) is 2.59. The molecule has 6 heteroatoms. The molecule has 0 saturated heterocycles. The Morgan fingerprint density at radius 1 is 1.19 bits per heavy atom. The van der Waals surface area contributed by atoms with E-state index in [0.717, 1.165) is 11.1 Å². The molecule has 1 atom stereocenters. The highest BCUT2D eigenvalue weighted by Crippen LogP contribution is 2.27. The Bertz CT molecular complexity index is 858. The number of hydrogen-bond acceptors (Lipinski definition) is 5. The van der Waals surface area contributed by atoms with Gasteiger partial charge in [-0.2, -0.15) is 0 Å². The maximum atomic E-state index is 12.4. The van der Waals surface area contributed by atoms with E-state index in [-0.39, 0.29) is 18.0 Å². The quantitative estimate of drug-likeness (QED) is 0.626. The Hall–Kier alpha value is -3.41. The summed E-state index contributed by atoms with van der Waals surface area (Å²) in [6.45, 7) is 2.10. The van der Waals surface area contributed by atoms with Crippen LogP contribution in [-0.4, -0.2) is 24.2 Å². The van der Waals surface area contributed by atoms with Crippen LogP contribution >= 0.6 is 0 Å². The zero-order valence-corrected chi connectivity index (χ0v) is 14.9. The van der Waals surface area contributed by atoms with Crippen molar-refractivity contribution in [2.75, 3.05) is 11.9 Å². The molecule has 0 fully saturated rings. The smallest absolute Gasteiger partial charge is 0.330 e. The van der Waals surface area contributed by atoms with Crippen molar-refractivity contribution in [2.45, 2.75) is 19.4 Å². The second-order valence-corrected chi connectivity index (χ2v) is 5.91. The van der Waals surface area contributed by atoms with Crippen LogP contribution in [0.15, 0.2) is 65.8 Å². The summed E-state index contributed by atoms with van der Waals surface area (Å²) in [6, 6.07) is 16.8. The molecule has 0 aliphatic carbocycles. The number of nitrogens with one attached hydrogen (secondary N) is 1. The second-order valence-electron chi connectivity index (χ2n) is 5.91. The molecule has 2 aromatic carbocycles. The van der Waals surface area contributed by atoms with Gasteiger partial charge in [0.05, 0.1) is 6.61 Å². The van der Waals surface area contributed by atoms with Gasteiger partial charge < -0.3 is 14.9 Å². The first-order valence-electron chi connectivity index (χ1n) is 8.69. The van der Waals surface area contributed by atoms with Crippen LogP contribution in [0, 0.1) is 0 Å².